The summed E-state index contributed by atoms with van der Waals surface area (Å²) in [7, 11) is 1.63. The number of hydrogen-bond acceptors (Lipinski definition) is 3. The quantitative estimate of drug-likeness (QED) is 0.292. The maximum absolute atomic E-state index is 5.86. The Morgan fingerprint density at radius 3 is 2.33 bits per heavy atom. The van der Waals surface area contributed by atoms with Crippen molar-refractivity contribution in [3.63, 3.8) is 0 Å². The number of methoxy groups -OCH3 is 1. The van der Waals surface area contributed by atoms with E-state index < -0.39 is 0 Å². The molecule has 0 saturated carbocycles. The number of allylic oxidation sites excluding steroid dienone is 6. The van der Waals surface area contributed by atoms with Crippen LogP contribution in [0.5, 0.6) is 0 Å². The Bertz CT molecular complexity index is 583. The maximum Gasteiger partial charge on any atom is 0.118 e. The fourth-order valence-corrected chi connectivity index (χ4v) is 2.76. The van der Waals surface area contributed by atoms with Crippen molar-refractivity contribution in [1.82, 2.24) is 10.2 Å². The van der Waals surface area contributed by atoms with E-state index in [0.29, 0.717) is 16.8 Å². The molecule has 0 bridgehead atoms. The Labute approximate surface area is 171 Å². The highest BCUT2D eigenvalue weighted by Gasteiger charge is 2.10. The minimum atomic E-state index is 0.318. The molecule has 0 spiro atoms. The van der Waals surface area contributed by atoms with Crippen molar-refractivity contribution in [2.75, 3.05) is 26.7 Å². The molecule has 0 amide bonds. The fraction of sp³-hybridized carbons (Fsp3) is 0.478. The van der Waals surface area contributed by atoms with Crippen molar-refractivity contribution < 1.29 is 4.74 Å². The molecule has 152 valence electrons. The van der Waals surface area contributed by atoms with Crippen molar-refractivity contribution >= 4 is 11.6 Å². The van der Waals surface area contributed by atoms with Crippen molar-refractivity contribution in [3.05, 3.63) is 71.7 Å². The lowest BCUT2D eigenvalue weighted by atomic mass is 10.0. The molecule has 1 N–H and O–H groups in total. The van der Waals surface area contributed by atoms with Crippen LogP contribution in [0.15, 0.2) is 71.7 Å². The van der Waals surface area contributed by atoms with E-state index in [0.717, 1.165) is 49.3 Å². The lowest BCUT2D eigenvalue weighted by molar-refractivity contribution is 0.292. The first-order valence-corrected chi connectivity index (χ1v) is 9.96. The average molecular weight is 393 g/mol. The zero-order chi connectivity index (χ0) is 20.8. The molecule has 0 heterocycles. The van der Waals surface area contributed by atoms with Crippen molar-refractivity contribution in [2.24, 2.45) is 0 Å². The van der Waals surface area contributed by atoms with Gasteiger partial charge in [0.05, 0.1) is 7.11 Å². The Morgan fingerprint density at radius 2 is 1.85 bits per heavy atom. The van der Waals surface area contributed by atoms with Gasteiger partial charge in [0.25, 0.3) is 0 Å². The van der Waals surface area contributed by atoms with Crippen molar-refractivity contribution in [3.8, 4) is 0 Å². The Balaban J connectivity index is 5.30. The molecule has 3 nitrogen and oxygen atoms in total. The first-order valence-electron chi connectivity index (χ1n) is 9.58. The van der Waals surface area contributed by atoms with Gasteiger partial charge in [-0.05, 0) is 75.7 Å². The van der Waals surface area contributed by atoms with Crippen LogP contribution in [0.25, 0.3) is 0 Å². The minimum Gasteiger partial charge on any atom is -0.497 e. The maximum atomic E-state index is 5.86. The SMILES string of the molecule is C=C/C(=C\C(C)=C(/NC(C)CCCN(CC)CC)C(=C)/C=C\C(=C)Cl)OC. The van der Waals surface area contributed by atoms with Gasteiger partial charge in [-0.2, -0.15) is 0 Å². The topological polar surface area (TPSA) is 24.5 Å². The summed E-state index contributed by atoms with van der Waals surface area (Å²) in [5.41, 5.74) is 2.84. The normalized spacial score (nSPS) is 14.1. The van der Waals surface area contributed by atoms with Gasteiger partial charge in [0, 0.05) is 16.8 Å². The van der Waals surface area contributed by atoms with Crippen LogP contribution in [0.4, 0.5) is 0 Å². The fourth-order valence-electron chi connectivity index (χ4n) is 2.70. The molecule has 0 aliphatic heterocycles. The molecule has 0 radical (unpaired) electrons. The smallest absolute Gasteiger partial charge is 0.118 e. The summed E-state index contributed by atoms with van der Waals surface area (Å²) in [4.78, 5) is 2.44. The molecule has 0 aromatic carbocycles. The molecule has 0 fully saturated rings. The highest BCUT2D eigenvalue weighted by atomic mass is 35.5. The van der Waals surface area contributed by atoms with Gasteiger partial charge in [0.1, 0.15) is 5.76 Å². The monoisotopic (exact) mass is 392 g/mol. The van der Waals surface area contributed by atoms with E-state index in [1.165, 1.54) is 0 Å². The first-order chi connectivity index (χ1) is 12.8. The number of rotatable bonds is 14. The highest BCUT2D eigenvalue weighted by Crippen LogP contribution is 2.18. The Hall–Kier alpha value is -1.71. The van der Waals surface area contributed by atoms with Crippen molar-refractivity contribution in [1.29, 1.82) is 0 Å². The molecule has 1 atom stereocenters. The molecular formula is C23H37ClN2O. The molecule has 0 rings (SSSR count). The second-order valence-electron chi connectivity index (χ2n) is 6.53. The third kappa shape index (κ3) is 10.9. The van der Waals surface area contributed by atoms with Crippen LogP contribution in [-0.4, -0.2) is 37.7 Å². The van der Waals surface area contributed by atoms with E-state index in [1.54, 1.807) is 19.3 Å². The zero-order valence-electron chi connectivity index (χ0n) is 17.8. The minimum absolute atomic E-state index is 0.318. The number of ether oxygens (including phenoxy) is 1. The number of halogens is 1. The predicted molar refractivity (Wildman–Crippen MR) is 121 cm³/mol. The molecule has 4 heteroatoms. The Morgan fingerprint density at radius 1 is 1.22 bits per heavy atom. The summed E-state index contributed by atoms with van der Waals surface area (Å²) in [5.74, 6) is 0.708. The lowest BCUT2D eigenvalue weighted by Crippen LogP contribution is -2.29. The standard InChI is InChI=1S/C23H37ClN2O/c1-9-22(27-8)17-19(5)23(18(4)14-15-20(6)24)25-21(7)13-12-16-26(10-2)11-3/h9,14-15,17,21,25H,1,4,6,10-13,16H2,2-3,5,7-8H3/b15-14-,22-17+,23-19-. The van der Waals surface area contributed by atoms with Gasteiger partial charge in [-0.15, -0.1) is 0 Å². The summed E-state index contributed by atoms with van der Waals surface area (Å²) < 4.78 is 5.31. The van der Waals surface area contributed by atoms with Crippen LogP contribution < -0.4 is 5.32 Å². The second-order valence-corrected chi connectivity index (χ2v) is 7.02. The third-order valence-corrected chi connectivity index (χ3v) is 4.50. The van der Waals surface area contributed by atoms with Crippen LogP contribution in [0.3, 0.4) is 0 Å². The third-order valence-electron chi connectivity index (χ3n) is 4.37. The average Bonchev–Trinajstić information content (AvgIpc) is 2.65. The molecule has 0 aromatic heterocycles. The van der Waals surface area contributed by atoms with Crippen molar-refractivity contribution in [2.45, 2.75) is 46.6 Å². The summed E-state index contributed by atoms with van der Waals surface area (Å²) in [6.07, 6.45) is 9.49. The molecule has 0 aromatic rings. The van der Waals surface area contributed by atoms with Crippen LogP contribution in [0, 0.1) is 0 Å². The van der Waals surface area contributed by atoms with Gasteiger partial charge in [-0.1, -0.05) is 51.3 Å². The number of hydrogen-bond donors (Lipinski definition) is 1. The van der Waals surface area contributed by atoms with E-state index in [1.807, 2.05) is 19.1 Å². The summed E-state index contributed by atoms with van der Waals surface area (Å²) in [6.45, 7) is 23.6. The number of nitrogens with zero attached hydrogens (tertiary/aromatic N) is 1. The number of nitrogens with one attached hydrogen (secondary N) is 1. The molecule has 0 aliphatic carbocycles. The van der Waals surface area contributed by atoms with E-state index in [9.17, 15) is 0 Å². The van der Waals surface area contributed by atoms with Crippen LogP contribution in [0.2, 0.25) is 0 Å². The van der Waals surface area contributed by atoms with Gasteiger partial charge in [-0.3, -0.25) is 0 Å². The van der Waals surface area contributed by atoms with E-state index in [4.69, 9.17) is 16.3 Å². The van der Waals surface area contributed by atoms with Crippen LogP contribution in [-0.2, 0) is 4.74 Å². The highest BCUT2D eigenvalue weighted by molar-refractivity contribution is 6.30. The summed E-state index contributed by atoms with van der Waals surface area (Å²) in [6, 6.07) is 0.318. The summed E-state index contributed by atoms with van der Waals surface area (Å²) in [5, 5.41) is 4.08. The van der Waals surface area contributed by atoms with E-state index in [-0.39, 0.29) is 0 Å². The second kappa shape index (κ2) is 14.4. The Kier molecular flexibility index (Phi) is 13.5. The molecule has 1 unspecified atom stereocenters. The van der Waals surface area contributed by atoms with E-state index >= 15 is 0 Å². The zero-order valence-corrected chi connectivity index (χ0v) is 18.5. The molecule has 0 aliphatic rings. The molecule has 0 saturated heterocycles. The van der Waals surface area contributed by atoms with Crippen LogP contribution >= 0.6 is 11.6 Å². The molecular weight excluding hydrogens is 356 g/mol. The molecule has 27 heavy (non-hydrogen) atoms. The predicted octanol–water partition coefficient (Wildman–Crippen LogP) is 5.94. The van der Waals surface area contributed by atoms with Gasteiger partial charge < -0.3 is 15.0 Å². The van der Waals surface area contributed by atoms with Gasteiger partial charge in [-0.25, -0.2) is 0 Å². The van der Waals surface area contributed by atoms with Crippen LogP contribution in [0.1, 0.15) is 40.5 Å². The van der Waals surface area contributed by atoms with Gasteiger partial charge in [0.2, 0.25) is 0 Å². The lowest BCUT2D eigenvalue weighted by Gasteiger charge is -2.22. The largest absolute Gasteiger partial charge is 0.497 e. The van der Waals surface area contributed by atoms with Gasteiger partial charge in [0.15, 0.2) is 0 Å². The van der Waals surface area contributed by atoms with E-state index in [2.05, 4.69) is 50.7 Å². The summed E-state index contributed by atoms with van der Waals surface area (Å²) >= 11 is 5.86. The first kappa shape index (κ1) is 25.3. The van der Waals surface area contributed by atoms with Gasteiger partial charge >= 0.3 is 0 Å².